The molecular formula is C20H18N2O4S. The van der Waals surface area contributed by atoms with Crippen molar-refractivity contribution < 1.29 is 17.9 Å². The summed E-state index contributed by atoms with van der Waals surface area (Å²) in [6.45, 7) is 0. The molecule has 1 aromatic heterocycles. The molecule has 6 nitrogen and oxygen atoms in total. The second-order valence-electron chi connectivity index (χ2n) is 6.58. The Labute approximate surface area is 157 Å². The van der Waals surface area contributed by atoms with Gasteiger partial charge in [0, 0.05) is 18.7 Å². The van der Waals surface area contributed by atoms with Crippen LogP contribution >= 0.6 is 0 Å². The van der Waals surface area contributed by atoms with Gasteiger partial charge in [-0.05, 0) is 37.1 Å². The molecule has 1 aliphatic heterocycles. The second-order valence-corrected chi connectivity index (χ2v) is 8.71. The van der Waals surface area contributed by atoms with Gasteiger partial charge in [-0.2, -0.15) is 0 Å². The normalized spacial score (nSPS) is 24.8. The van der Waals surface area contributed by atoms with Crippen molar-refractivity contribution in [3.05, 3.63) is 66.7 Å². The summed E-state index contributed by atoms with van der Waals surface area (Å²) in [6, 6.07) is 11.6. The number of benzene rings is 1. The number of Topliss-reactive ketones (excluding diaryl/α,β-unsaturated/α-hetero) is 1. The number of hydrogen-bond donors (Lipinski definition) is 0. The fourth-order valence-corrected chi connectivity index (χ4v) is 5.59. The van der Waals surface area contributed by atoms with Gasteiger partial charge in [-0.1, -0.05) is 18.2 Å². The molecule has 0 bridgehead atoms. The van der Waals surface area contributed by atoms with Crippen LogP contribution in [0.3, 0.4) is 0 Å². The van der Waals surface area contributed by atoms with E-state index in [1.54, 1.807) is 36.5 Å². The molecule has 1 saturated carbocycles. The quantitative estimate of drug-likeness (QED) is 0.794. The molecule has 0 N–H and O–H groups in total. The molecule has 0 radical (unpaired) electrons. The van der Waals surface area contributed by atoms with Crippen LogP contribution < -0.4 is 4.74 Å². The summed E-state index contributed by atoms with van der Waals surface area (Å²) in [7, 11) is -3.93. The minimum atomic E-state index is -3.93. The minimum absolute atomic E-state index is 0.0782. The van der Waals surface area contributed by atoms with E-state index in [9.17, 15) is 13.2 Å². The molecule has 1 aliphatic carbocycles. The molecule has 1 aromatic carbocycles. The van der Waals surface area contributed by atoms with Gasteiger partial charge < -0.3 is 4.74 Å². The smallest absolute Gasteiger partial charge is 0.208 e. The molecule has 2 unspecified atom stereocenters. The first kappa shape index (κ1) is 17.6. The Hall–Kier alpha value is -2.80. The van der Waals surface area contributed by atoms with Gasteiger partial charge in [-0.15, -0.1) is 0 Å². The standard InChI is InChI=1S/C20H18N2O4S/c23-19-10-4-9-18(19)20(27(24,25)17-7-2-1-3-8-17)12-16(14-22-20)26-15-6-5-11-21-13-15/h1-3,5-8,11-14,18H,4,9-10H2. The Balaban J connectivity index is 1.80. The first-order valence-corrected chi connectivity index (χ1v) is 10.2. The Kier molecular flexibility index (Phi) is 4.39. The summed E-state index contributed by atoms with van der Waals surface area (Å²) in [5, 5.41) is 0. The largest absolute Gasteiger partial charge is 0.454 e. The van der Waals surface area contributed by atoms with Crippen molar-refractivity contribution in [1.29, 1.82) is 0 Å². The number of aromatic nitrogens is 1. The number of sulfone groups is 1. The van der Waals surface area contributed by atoms with Crippen molar-refractivity contribution in [3.8, 4) is 5.75 Å². The lowest BCUT2D eigenvalue weighted by Crippen LogP contribution is -2.43. The molecule has 0 saturated heterocycles. The van der Waals surface area contributed by atoms with E-state index in [1.165, 1.54) is 30.6 Å². The zero-order valence-corrected chi connectivity index (χ0v) is 15.3. The summed E-state index contributed by atoms with van der Waals surface area (Å²) in [4.78, 5) is 19.3. The molecule has 7 heteroatoms. The molecule has 27 heavy (non-hydrogen) atoms. The van der Waals surface area contributed by atoms with Crippen molar-refractivity contribution in [2.45, 2.75) is 29.0 Å². The van der Waals surface area contributed by atoms with E-state index in [0.717, 1.165) is 0 Å². The molecule has 2 aliphatic rings. The number of hydrogen-bond acceptors (Lipinski definition) is 6. The van der Waals surface area contributed by atoms with Gasteiger partial charge >= 0.3 is 0 Å². The highest BCUT2D eigenvalue weighted by atomic mass is 32.2. The second kappa shape index (κ2) is 6.74. The number of ketones is 1. The van der Waals surface area contributed by atoms with Crippen LogP contribution in [-0.4, -0.2) is 30.3 Å². The van der Waals surface area contributed by atoms with E-state index < -0.39 is 20.6 Å². The lowest BCUT2D eigenvalue weighted by atomic mass is 9.97. The maximum atomic E-state index is 13.5. The van der Waals surface area contributed by atoms with Gasteiger partial charge in [-0.25, -0.2) is 8.42 Å². The predicted octanol–water partition coefficient (Wildman–Crippen LogP) is 2.97. The van der Waals surface area contributed by atoms with Crippen molar-refractivity contribution in [2.24, 2.45) is 10.9 Å². The van der Waals surface area contributed by atoms with E-state index in [4.69, 9.17) is 4.74 Å². The molecule has 0 amide bonds. The van der Waals surface area contributed by atoms with Crippen LogP contribution in [0.5, 0.6) is 5.75 Å². The molecule has 2 aromatic rings. The number of carbonyl (C=O) groups is 1. The highest BCUT2D eigenvalue weighted by Crippen LogP contribution is 2.44. The monoisotopic (exact) mass is 382 g/mol. The predicted molar refractivity (Wildman–Crippen MR) is 100 cm³/mol. The zero-order chi connectivity index (χ0) is 18.9. The van der Waals surface area contributed by atoms with Crippen LogP contribution in [0.25, 0.3) is 0 Å². The van der Waals surface area contributed by atoms with Crippen LogP contribution in [0.4, 0.5) is 0 Å². The molecule has 0 spiro atoms. The maximum Gasteiger partial charge on any atom is 0.208 e. The Morgan fingerprint density at radius 3 is 2.59 bits per heavy atom. The molecule has 4 rings (SSSR count). The van der Waals surface area contributed by atoms with Gasteiger partial charge in [0.25, 0.3) is 0 Å². The van der Waals surface area contributed by atoms with Gasteiger partial charge in [0.15, 0.2) is 4.87 Å². The SMILES string of the molecule is O=C1CCCC1C1(S(=O)(=O)c2ccccc2)C=C(Oc2cccnc2)C=N1. The van der Waals surface area contributed by atoms with Crippen LogP contribution in [0.2, 0.25) is 0 Å². The van der Waals surface area contributed by atoms with E-state index in [0.29, 0.717) is 30.8 Å². The first-order valence-electron chi connectivity index (χ1n) is 8.71. The van der Waals surface area contributed by atoms with Gasteiger partial charge in [0.05, 0.1) is 23.2 Å². The molecular weight excluding hydrogens is 364 g/mol. The van der Waals surface area contributed by atoms with Crippen molar-refractivity contribution >= 4 is 21.8 Å². The lowest BCUT2D eigenvalue weighted by Gasteiger charge is -2.29. The number of ether oxygens (including phenoxy) is 1. The van der Waals surface area contributed by atoms with Crippen molar-refractivity contribution in [1.82, 2.24) is 4.98 Å². The highest BCUT2D eigenvalue weighted by molar-refractivity contribution is 7.93. The third-order valence-electron chi connectivity index (χ3n) is 4.90. The summed E-state index contributed by atoms with van der Waals surface area (Å²) >= 11 is 0. The molecule has 2 atom stereocenters. The minimum Gasteiger partial charge on any atom is -0.454 e. The summed E-state index contributed by atoms with van der Waals surface area (Å²) < 4.78 is 32.7. The van der Waals surface area contributed by atoms with Crippen molar-refractivity contribution in [2.75, 3.05) is 0 Å². The Morgan fingerprint density at radius 2 is 1.93 bits per heavy atom. The van der Waals surface area contributed by atoms with E-state index in [2.05, 4.69) is 9.98 Å². The van der Waals surface area contributed by atoms with E-state index >= 15 is 0 Å². The molecule has 1 fully saturated rings. The van der Waals surface area contributed by atoms with Gasteiger partial charge in [0.1, 0.15) is 17.3 Å². The van der Waals surface area contributed by atoms with E-state index in [1.807, 2.05) is 0 Å². The highest BCUT2D eigenvalue weighted by Gasteiger charge is 2.55. The third-order valence-corrected chi connectivity index (χ3v) is 7.16. The number of nitrogens with zero attached hydrogens (tertiary/aromatic N) is 2. The van der Waals surface area contributed by atoms with Gasteiger partial charge in [-0.3, -0.25) is 14.8 Å². The Bertz CT molecular complexity index is 1020. The average Bonchev–Trinajstić information content (AvgIpc) is 3.30. The number of pyridine rings is 1. The van der Waals surface area contributed by atoms with Crippen LogP contribution in [-0.2, 0) is 14.6 Å². The number of carbonyl (C=O) groups excluding carboxylic acids is 1. The summed E-state index contributed by atoms with van der Waals surface area (Å²) in [5.41, 5.74) is 0. The first-order chi connectivity index (χ1) is 13.0. The topological polar surface area (TPSA) is 85.7 Å². The fourth-order valence-electron chi connectivity index (χ4n) is 3.61. The Morgan fingerprint density at radius 1 is 1.11 bits per heavy atom. The number of rotatable bonds is 5. The summed E-state index contributed by atoms with van der Waals surface area (Å²) in [5.74, 6) is -0.0254. The number of aliphatic imine (C=N–C) groups is 1. The lowest BCUT2D eigenvalue weighted by molar-refractivity contribution is -0.121. The molecule has 2 heterocycles. The fraction of sp³-hybridized carbons (Fsp3) is 0.250. The number of allylic oxidation sites excluding steroid dienone is 1. The summed E-state index contributed by atoms with van der Waals surface area (Å²) in [6.07, 6.45) is 7.53. The zero-order valence-electron chi connectivity index (χ0n) is 14.5. The molecule has 138 valence electrons. The maximum absolute atomic E-state index is 13.5. The third kappa shape index (κ3) is 2.98. The van der Waals surface area contributed by atoms with E-state index in [-0.39, 0.29) is 10.7 Å². The van der Waals surface area contributed by atoms with Gasteiger partial charge in [0.2, 0.25) is 9.84 Å². The van der Waals surface area contributed by atoms with Crippen LogP contribution in [0.15, 0.2) is 76.6 Å². The van der Waals surface area contributed by atoms with Crippen molar-refractivity contribution in [3.63, 3.8) is 0 Å². The van der Waals surface area contributed by atoms with Crippen LogP contribution in [0, 0.1) is 5.92 Å². The average molecular weight is 382 g/mol. The van der Waals surface area contributed by atoms with Crippen LogP contribution in [0.1, 0.15) is 19.3 Å².